The molecule has 0 unspecified atom stereocenters. The van der Waals surface area contributed by atoms with Crippen LogP contribution in [-0.4, -0.2) is 18.1 Å². The third-order valence-electron chi connectivity index (χ3n) is 1.68. The first-order chi connectivity index (χ1) is 6.31. The smallest absolute Gasteiger partial charge is 0.374 e. The number of carbonyl (C=O) groups is 1. The molecular weight excluding hydrogens is 170 g/mol. The van der Waals surface area contributed by atoms with Gasteiger partial charge in [-0.15, -0.1) is 0 Å². The van der Waals surface area contributed by atoms with E-state index in [1.165, 1.54) is 7.11 Å². The number of nitrogens with zero attached hydrogens (tertiary/aromatic N) is 1. The van der Waals surface area contributed by atoms with Crippen LogP contribution in [0.1, 0.15) is 10.6 Å². The molecule has 0 saturated carbocycles. The van der Waals surface area contributed by atoms with Gasteiger partial charge >= 0.3 is 5.97 Å². The minimum atomic E-state index is -0.488. The normalized spacial score (nSPS) is 10.2. The molecule has 4 heteroatoms. The summed E-state index contributed by atoms with van der Waals surface area (Å²) in [6, 6.07) is 5.20. The maximum atomic E-state index is 11.0. The molecule has 0 aliphatic carbocycles. The number of furan rings is 1. The van der Waals surface area contributed by atoms with Crippen molar-refractivity contribution >= 4 is 17.1 Å². The number of hydrogen-bond donors (Lipinski definition) is 0. The number of methoxy groups -OCH3 is 1. The van der Waals surface area contributed by atoms with Crippen molar-refractivity contribution in [1.82, 2.24) is 4.98 Å². The molecule has 2 aromatic heterocycles. The van der Waals surface area contributed by atoms with E-state index in [1.54, 1.807) is 18.3 Å². The number of hydrogen-bond acceptors (Lipinski definition) is 4. The standard InChI is InChI=1S/C9H7NO3/c1-12-9(11)7-5-6-3-2-4-10-8(6)13-7/h2-5H,1H3. The van der Waals surface area contributed by atoms with Gasteiger partial charge in [-0.25, -0.2) is 9.78 Å². The first-order valence-electron chi connectivity index (χ1n) is 3.74. The van der Waals surface area contributed by atoms with Gasteiger partial charge in [0.05, 0.1) is 7.11 Å². The van der Waals surface area contributed by atoms with Crippen LogP contribution in [0.15, 0.2) is 28.8 Å². The first kappa shape index (κ1) is 7.79. The van der Waals surface area contributed by atoms with Crippen molar-refractivity contribution < 1.29 is 13.9 Å². The van der Waals surface area contributed by atoms with E-state index in [2.05, 4.69) is 9.72 Å². The van der Waals surface area contributed by atoms with Crippen molar-refractivity contribution in [2.75, 3.05) is 7.11 Å². The van der Waals surface area contributed by atoms with Gasteiger partial charge in [0.15, 0.2) is 0 Å². The van der Waals surface area contributed by atoms with Crippen LogP contribution in [0, 0.1) is 0 Å². The van der Waals surface area contributed by atoms with Gasteiger partial charge in [0.25, 0.3) is 0 Å². The van der Waals surface area contributed by atoms with Gasteiger partial charge in [-0.1, -0.05) is 0 Å². The minimum Gasteiger partial charge on any atom is -0.463 e. The third-order valence-corrected chi connectivity index (χ3v) is 1.68. The highest BCUT2D eigenvalue weighted by molar-refractivity contribution is 5.91. The molecule has 0 radical (unpaired) electrons. The molecule has 0 amide bonds. The van der Waals surface area contributed by atoms with Gasteiger partial charge in [-0.05, 0) is 12.1 Å². The number of ether oxygens (including phenoxy) is 1. The zero-order chi connectivity index (χ0) is 9.26. The molecule has 0 atom stereocenters. The Hall–Kier alpha value is -1.84. The Morgan fingerprint density at radius 1 is 1.62 bits per heavy atom. The fourth-order valence-electron chi connectivity index (χ4n) is 1.07. The van der Waals surface area contributed by atoms with E-state index in [1.807, 2.05) is 6.07 Å². The Morgan fingerprint density at radius 2 is 2.46 bits per heavy atom. The number of carbonyl (C=O) groups excluding carboxylic acids is 1. The number of aromatic nitrogens is 1. The Kier molecular flexibility index (Phi) is 1.73. The average Bonchev–Trinajstić information content (AvgIpc) is 2.59. The SMILES string of the molecule is COC(=O)c1cc2cccnc2o1. The van der Waals surface area contributed by atoms with Crippen LogP contribution in [0.4, 0.5) is 0 Å². The Labute approximate surface area is 74.1 Å². The zero-order valence-corrected chi connectivity index (χ0v) is 6.98. The molecule has 66 valence electrons. The second-order valence-electron chi connectivity index (χ2n) is 2.50. The van der Waals surface area contributed by atoms with E-state index in [0.29, 0.717) is 5.71 Å². The lowest BCUT2D eigenvalue weighted by atomic mass is 10.3. The Morgan fingerprint density at radius 3 is 3.15 bits per heavy atom. The lowest BCUT2D eigenvalue weighted by Gasteiger charge is -1.90. The Bertz CT molecular complexity index is 414. The van der Waals surface area contributed by atoms with E-state index >= 15 is 0 Å². The first-order valence-corrected chi connectivity index (χ1v) is 3.74. The molecule has 0 saturated heterocycles. The molecule has 0 bridgehead atoms. The number of rotatable bonds is 1. The second kappa shape index (κ2) is 2.90. The van der Waals surface area contributed by atoms with Crippen molar-refractivity contribution in [2.45, 2.75) is 0 Å². The topological polar surface area (TPSA) is 52.3 Å². The highest BCUT2D eigenvalue weighted by Gasteiger charge is 2.11. The minimum absolute atomic E-state index is 0.177. The average molecular weight is 177 g/mol. The summed E-state index contributed by atoms with van der Waals surface area (Å²) in [5, 5.41) is 0.794. The van der Waals surface area contributed by atoms with E-state index in [0.717, 1.165) is 5.39 Å². The number of fused-ring (bicyclic) bond motifs is 1. The zero-order valence-electron chi connectivity index (χ0n) is 6.98. The second-order valence-corrected chi connectivity index (χ2v) is 2.50. The lowest BCUT2D eigenvalue weighted by Crippen LogP contribution is -1.97. The van der Waals surface area contributed by atoms with Crippen LogP contribution in [0.3, 0.4) is 0 Å². The van der Waals surface area contributed by atoms with E-state index in [-0.39, 0.29) is 5.76 Å². The molecule has 4 nitrogen and oxygen atoms in total. The molecule has 2 heterocycles. The third kappa shape index (κ3) is 1.26. The molecule has 0 aromatic carbocycles. The van der Waals surface area contributed by atoms with Crippen molar-refractivity contribution in [3.8, 4) is 0 Å². The molecule has 0 aliphatic rings. The van der Waals surface area contributed by atoms with Crippen LogP contribution in [0.5, 0.6) is 0 Å². The summed E-state index contributed by atoms with van der Waals surface area (Å²) in [6.07, 6.45) is 1.60. The summed E-state index contributed by atoms with van der Waals surface area (Å²) < 4.78 is 9.64. The van der Waals surface area contributed by atoms with Crippen LogP contribution in [-0.2, 0) is 4.74 Å². The highest BCUT2D eigenvalue weighted by Crippen LogP contribution is 2.16. The largest absolute Gasteiger partial charge is 0.463 e. The van der Waals surface area contributed by atoms with Gasteiger partial charge in [0.1, 0.15) is 0 Å². The molecular formula is C9H7NO3. The summed E-state index contributed by atoms with van der Waals surface area (Å²) >= 11 is 0. The van der Waals surface area contributed by atoms with Gasteiger partial charge in [0.2, 0.25) is 11.5 Å². The maximum Gasteiger partial charge on any atom is 0.374 e. The van der Waals surface area contributed by atoms with Crippen LogP contribution < -0.4 is 0 Å². The van der Waals surface area contributed by atoms with Gasteiger partial charge < -0.3 is 9.15 Å². The molecule has 0 aliphatic heterocycles. The van der Waals surface area contributed by atoms with E-state index in [4.69, 9.17) is 4.42 Å². The predicted molar refractivity (Wildman–Crippen MR) is 45.3 cm³/mol. The summed E-state index contributed by atoms with van der Waals surface area (Å²) in [4.78, 5) is 15.0. The van der Waals surface area contributed by atoms with E-state index in [9.17, 15) is 4.79 Å². The fourth-order valence-corrected chi connectivity index (χ4v) is 1.07. The molecule has 2 aromatic rings. The van der Waals surface area contributed by atoms with Gasteiger partial charge in [-0.3, -0.25) is 0 Å². The fraction of sp³-hybridized carbons (Fsp3) is 0.111. The predicted octanol–water partition coefficient (Wildman–Crippen LogP) is 1.61. The van der Waals surface area contributed by atoms with Crippen molar-refractivity contribution in [3.05, 3.63) is 30.2 Å². The summed E-state index contributed by atoms with van der Waals surface area (Å²) in [6.45, 7) is 0. The van der Waals surface area contributed by atoms with Gasteiger partial charge in [-0.2, -0.15) is 0 Å². The van der Waals surface area contributed by atoms with Crippen LogP contribution in [0.25, 0.3) is 11.1 Å². The Balaban J connectivity index is 2.56. The quantitative estimate of drug-likeness (QED) is 0.621. The molecule has 13 heavy (non-hydrogen) atoms. The van der Waals surface area contributed by atoms with Crippen molar-refractivity contribution in [1.29, 1.82) is 0 Å². The monoisotopic (exact) mass is 177 g/mol. The van der Waals surface area contributed by atoms with E-state index < -0.39 is 5.97 Å². The van der Waals surface area contributed by atoms with Crippen molar-refractivity contribution in [3.63, 3.8) is 0 Å². The summed E-state index contributed by atoms with van der Waals surface area (Å²) in [5.41, 5.74) is 0.447. The molecule has 0 N–H and O–H groups in total. The maximum absolute atomic E-state index is 11.0. The molecule has 0 fully saturated rings. The molecule has 0 spiro atoms. The van der Waals surface area contributed by atoms with Crippen LogP contribution >= 0.6 is 0 Å². The number of pyridine rings is 1. The van der Waals surface area contributed by atoms with Gasteiger partial charge in [0, 0.05) is 17.6 Å². The summed E-state index contributed by atoms with van der Waals surface area (Å²) in [5.74, 6) is -0.311. The van der Waals surface area contributed by atoms with Crippen LogP contribution in [0.2, 0.25) is 0 Å². The van der Waals surface area contributed by atoms with Crippen molar-refractivity contribution in [2.24, 2.45) is 0 Å². The summed E-state index contributed by atoms with van der Waals surface area (Å²) in [7, 11) is 1.31. The highest BCUT2D eigenvalue weighted by atomic mass is 16.5. The molecule has 2 rings (SSSR count). The number of esters is 1. The lowest BCUT2D eigenvalue weighted by molar-refractivity contribution is 0.0567.